The zero-order valence-electron chi connectivity index (χ0n) is 14.1. The standard InChI is InChI=1S/C16H21ClN4O4/c1-18-12-7-13(17)19-8-11(12)15(23)21-20-14(22)9-3-5-10(6-4-9)16(24)25-2/h7-10H,3-6H2,1-2H3,(H,18,19)(H,20,22)(H,21,23). The van der Waals surface area contributed by atoms with Crippen LogP contribution in [0.1, 0.15) is 36.0 Å². The van der Waals surface area contributed by atoms with E-state index in [2.05, 4.69) is 21.2 Å². The molecule has 1 aliphatic rings. The Hall–Kier alpha value is -2.35. The topological polar surface area (TPSA) is 109 Å². The minimum absolute atomic E-state index is 0.151. The molecule has 1 saturated carbocycles. The number of nitrogens with one attached hydrogen (secondary N) is 3. The van der Waals surface area contributed by atoms with Crippen molar-refractivity contribution in [2.75, 3.05) is 19.5 Å². The molecule has 9 heteroatoms. The summed E-state index contributed by atoms with van der Waals surface area (Å²) in [5, 5.41) is 3.10. The summed E-state index contributed by atoms with van der Waals surface area (Å²) in [6.07, 6.45) is 3.68. The molecular weight excluding hydrogens is 348 g/mol. The molecule has 1 aliphatic carbocycles. The van der Waals surface area contributed by atoms with Crippen LogP contribution in [-0.2, 0) is 14.3 Å². The second-order valence-corrected chi connectivity index (χ2v) is 6.20. The second kappa shape index (κ2) is 8.66. The Morgan fingerprint density at radius 3 is 2.40 bits per heavy atom. The summed E-state index contributed by atoms with van der Waals surface area (Å²) >= 11 is 5.79. The van der Waals surface area contributed by atoms with Crippen molar-refractivity contribution in [1.82, 2.24) is 15.8 Å². The van der Waals surface area contributed by atoms with Crippen molar-refractivity contribution in [3.63, 3.8) is 0 Å². The van der Waals surface area contributed by atoms with Crippen molar-refractivity contribution in [2.24, 2.45) is 11.8 Å². The first-order valence-electron chi connectivity index (χ1n) is 7.97. The largest absolute Gasteiger partial charge is 0.469 e. The van der Waals surface area contributed by atoms with Gasteiger partial charge in [0.15, 0.2) is 0 Å². The van der Waals surface area contributed by atoms with E-state index >= 15 is 0 Å². The number of aromatic nitrogens is 1. The van der Waals surface area contributed by atoms with Gasteiger partial charge in [-0.1, -0.05) is 11.6 Å². The van der Waals surface area contributed by atoms with Crippen LogP contribution < -0.4 is 16.2 Å². The van der Waals surface area contributed by atoms with Crippen molar-refractivity contribution in [3.05, 3.63) is 23.0 Å². The van der Waals surface area contributed by atoms with Gasteiger partial charge in [0.1, 0.15) is 5.15 Å². The molecule has 0 aliphatic heterocycles. The van der Waals surface area contributed by atoms with E-state index in [4.69, 9.17) is 16.3 Å². The van der Waals surface area contributed by atoms with Gasteiger partial charge < -0.3 is 10.1 Å². The Morgan fingerprint density at radius 1 is 1.16 bits per heavy atom. The number of rotatable bonds is 4. The molecule has 136 valence electrons. The number of amides is 2. The molecule has 1 fully saturated rings. The highest BCUT2D eigenvalue weighted by Gasteiger charge is 2.30. The molecule has 0 bridgehead atoms. The minimum Gasteiger partial charge on any atom is -0.469 e. The summed E-state index contributed by atoms with van der Waals surface area (Å²) in [5.41, 5.74) is 5.58. The number of nitrogens with zero attached hydrogens (tertiary/aromatic N) is 1. The van der Waals surface area contributed by atoms with E-state index in [0.29, 0.717) is 31.4 Å². The van der Waals surface area contributed by atoms with Gasteiger partial charge in [-0.2, -0.15) is 0 Å². The number of hydrogen-bond acceptors (Lipinski definition) is 6. The van der Waals surface area contributed by atoms with Crippen LogP contribution in [0.4, 0.5) is 5.69 Å². The quantitative estimate of drug-likeness (QED) is 0.422. The lowest BCUT2D eigenvalue weighted by molar-refractivity contribution is -0.147. The lowest BCUT2D eigenvalue weighted by atomic mass is 9.82. The first-order valence-corrected chi connectivity index (χ1v) is 8.35. The number of esters is 1. The van der Waals surface area contributed by atoms with Gasteiger partial charge in [0, 0.05) is 19.2 Å². The highest BCUT2D eigenvalue weighted by molar-refractivity contribution is 6.29. The van der Waals surface area contributed by atoms with E-state index in [1.165, 1.54) is 19.4 Å². The van der Waals surface area contributed by atoms with E-state index in [1.54, 1.807) is 7.05 Å². The minimum atomic E-state index is -0.495. The summed E-state index contributed by atoms with van der Waals surface area (Å²) < 4.78 is 4.73. The molecule has 0 saturated heterocycles. The molecule has 0 unspecified atom stereocenters. The average Bonchev–Trinajstić information content (AvgIpc) is 2.65. The predicted octanol–water partition coefficient (Wildman–Crippen LogP) is 1.52. The third-order valence-electron chi connectivity index (χ3n) is 4.32. The molecule has 0 radical (unpaired) electrons. The van der Waals surface area contributed by atoms with Gasteiger partial charge in [0.05, 0.1) is 24.3 Å². The van der Waals surface area contributed by atoms with Gasteiger partial charge in [-0.15, -0.1) is 0 Å². The molecule has 0 spiro atoms. The molecule has 25 heavy (non-hydrogen) atoms. The zero-order valence-corrected chi connectivity index (χ0v) is 14.9. The maximum Gasteiger partial charge on any atom is 0.308 e. The third-order valence-corrected chi connectivity index (χ3v) is 4.52. The Kier molecular flexibility index (Phi) is 6.58. The van der Waals surface area contributed by atoms with Gasteiger partial charge in [-0.25, -0.2) is 4.98 Å². The van der Waals surface area contributed by atoms with Crippen LogP contribution in [0, 0.1) is 11.8 Å². The van der Waals surface area contributed by atoms with E-state index < -0.39 is 5.91 Å². The Bertz CT molecular complexity index is 660. The molecule has 1 aromatic heterocycles. The van der Waals surface area contributed by atoms with Gasteiger partial charge in [-0.05, 0) is 31.7 Å². The molecule has 1 aromatic rings. The molecule has 2 rings (SSSR count). The van der Waals surface area contributed by atoms with Crippen LogP contribution in [0.3, 0.4) is 0 Å². The number of carbonyl (C=O) groups excluding carboxylic acids is 3. The molecule has 3 N–H and O–H groups in total. The summed E-state index contributed by atoms with van der Waals surface area (Å²) in [6, 6.07) is 1.52. The molecular formula is C16H21ClN4O4. The number of halogens is 1. The van der Waals surface area contributed by atoms with Gasteiger partial charge >= 0.3 is 5.97 Å². The van der Waals surface area contributed by atoms with Gasteiger partial charge in [0.2, 0.25) is 5.91 Å². The molecule has 0 atom stereocenters. The monoisotopic (exact) mass is 368 g/mol. The highest BCUT2D eigenvalue weighted by atomic mass is 35.5. The first-order chi connectivity index (χ1) is 12.0. The Labute approximate surface area is 150 Å². The van der Waals surface area contributed by atoms with E-state index in [1.807, 2.05) is 0 Å². The van der Waals surface area contributed by atoms with Crippen molar-refractivity contribution in [2.45, 2.75) is 25.7 Å². The predicted molar refractivity (Wildman–Crippen MR) is 91.9 cm³/mol. The van der Waals surface area contributed by atoms with Crippen molar-refractivity contribution in [1.29, 1.82) is 0 Å². The van der Waals surface area contributed by atoms with Crippen LogP contribution in [0.25, 0.3) is 0 Å². The number of pyridine rings is 1. The highest BCUT2D eigenvalue weighted by Crippen LogP contribution is 2.29. The summed E-state index contributed by atoms with van der Waals surface area (Å²) in [7, 11) is 3.02. The fourth-order valence-electron chi connectivity index (χ4n) is 2.86. The molecule has 2 amide bonds. The second-order valence-electron chi connectivity index (χ2n) is 5.82. The van der Waals surface area contributed by atoms with Crippen LogP contribution in [0.2, 0.25) is 5.15 Å². The molecule has 8 nitrogen and oxygen atoms in total. The number of hydrogen-bond donors (Lipinski definition) is 3. The van der Waals surface area contributed by atoms with Crippen LogP contribution in [0.15, 0.2) is 12.3 Å². The van der Waals surface area contributed by atoms with Crippen LogP contribution in [-0.4, -0.2) is 36.9 Å². The summed E-state index contributed by atoms with van der Waals surface area (Å²) in [4.78, 5) is 39.8. The number of carbonyl (C=O) groups is 3. The smallest absolute Gasteiger partial charge is 0.308 e. The normalized spacial score (nSPS) is 19.6. The molecule has 1 heterocycles. The average molecular weight is 369 g/mol. The summed E-state index contributed by atoms with van der Waals surface area (Å²) in [6.45, 7) is 0. The SMILES string of the molecule is CNc1cc(Cl)ncc1C(=O)NNC(=O)C1CCC(C(=O)OC)CC1. The lowest BCUT2D eigenvalue weighted by Gasteiger charge is -2.26. The third kappa shape index (κ3) is 4.82. The van der Waals surface area contributed by atoms with E-state index in [0.717, 1.165) is 0 Å². The maximum absolute atomic E-state index is 12.2. The first kappa shape index (κ1) is 19.0. The van der Waals surface area contributed by atoms with Crippen LogP contribution in [0.5, 0.6) is 0 Å². The Morgan fingerprint density at radius 2 is 1.80 bits per heavy atom. The number of anilines is 1. The zero-order chi connectivity index (χ0) is 18.4. The Balaban J connectivity index is 1.86. The maximum atomic E-state index is 12.2. The number of methoxy groups -OCH3 is 1. The fourth-order valence-corrected chi connectivity index (χ4v) is 3.02. The fraction of sp³-hybridized carbons (Fsp3) is 0.500. The number of ether oxygens (including phenoxy) is 1. The van der Waals surface area contributed by atoms with E-state index in [9.17, 15) is 14.4 Å². The van der Waals surface area contributed by atoms with Gasteiger partial charge in [-0.3, -0.25) is 25.2 Å². The van der Waals surface area contributed by atoms with Crippen LogP contribution >= 0.6 is 11.6 Å². The lowest BCUT2D eigenvalue weighted by Crippen LogP contribution is -2.45. The van der Waals surface area contributed by atoms with Crippen molar-refractivity contribution >= 4 is 35.1 Å². The van der Waals surface area contributed by atoms with Gasteiger partial charge in [0.25, 0.3) is 5.91 Å². The number of hydrazine groups is 1. The summed E-state index contributed by atoms with van der Waals surface area (Å²) in [5.74, 6) is -1.40. The molecule has 0 aromatic carbocycles. The van der Waals surface area contributed by atoms with Crippen molar-refractivity contribution < 1.29 is 19.1 Å². The van der Waals surface area contributed by atoms with Crippen molar-refractivity contribution in [3.8, 4) is 0 Å². The van der Waals surface area contributed by atoms with E-state index in [-0.39, 0.29) is 34.4 Å².